The number of ether oxygens (including phenoxy) is 1. The van der Waals surface area contributed by atoms with Crippen LogP contribution in [-0.4, -0.2) is 56.1 Å². The van der Waals surface area contributed by atoms with Crippen molar-refractivity contribution in [3.05, 3.63) is 70.8 Å². The van der Waals surface area contributed by atoms with Crippen LogP contribution in [0.2, 0.25) is 0 Å². The van der Waals surface area contributed by atoms with Gasteiger partial charge in [-0.2, -0.15) is 0 Å². The highest BCUT2D eigenvalue weighted by Gasteiger charge is 2.20. The maximum atomic E-state index is 12.6. The number of nitrogens with zero attached hydrogens (tertiary/aromatic N) is 1. The van der Waals surface area contributed by atoms with Crippen molar-refractivity contribution in [2.45, 2.75) is 19.9 Å². The van der Waals surface area contributed by atoms with Crippen molar-refractivity contribution < 1.29 is 14.3 Å². The number of amides is 2. The zero-order chi connectivity index (χ0) is 20.6. The van der Waals surface area contributed by atoms with Crippen LogP contribution in [0.1, 0.15) is 33.1 Å². The number of aryl methyl sites for hydroxylation is 2. The molecule has 2 N–H and O–H groups in total. The number of rotatable bonds is 7. The first-order chi connectivity index (χ1) is 14.0. The summed E-state index contributed by atoms with van der Waals surface area (Å²) in [5, 5.41) is 5.79. The molecule has 0 spiro atoms. The lowest BCUT2D eigenvalue weighted by atomic mass is 10.0. The van der Waals surface area contributed by atoms with E-state index in [9.17, 15) is 9.59 Å². The van der Waals surface area contributed by atoms with E-state index in [1.54, 1.807) is 12.1 Å². The third-order valence-electron chi connectivity index (χ3n) is 5.05. The Bertz CT molecular complexity index is 830. The van der Waals surface area contributed by atoms with Crippen molar-refractivity contribution in [3.63, 3.8) is 0 Å². The van der Waals surface area contributed by atoms with Crippen LogP contribution in [0, 0.1) is 13.8 Å². The summed E-state index contributed by atoms with van der Waals surface area (Å²) in [4.78, 5) is 27.2. The molecular formula is C23H29N3O3. The van der Waals surface area contributed by atoms with Gasteiger partial charge in [0.2, 0.25) is 5.91 Å². The zero-order valence-electron chi connectivity index (χ0n) is 17.1. The first-order valence-electron chi connectivity index (χ1n) is 10.0. The van der Waals surface area contributed by atoms with Crippen molar-refractivity contribution in [3.8, 4) is 0 Å². The van der Waals surface area contributed by atoms with E-state index in [2.05, 4.69) is 15.5 Å². The molecule has 0 aliphatic carbocycles. The molecule has 2 aromatic rings. The second-order valence-corrected chi connectivity index (χ2v) is 7.50. The first-order valence-corrected chi connectivity index (χ1v) is 10.0. The van der Waals surface area contributed by atoms with Crippen molar-refractivity contribution in [2.75, 3.05) is 39.4 Å². The van der Waals surface area contributed by atoms with Crippen LogP contribution in [-0.2, 0) is 9.53 Å². The van der Waals surface area contributed by atoms with Gasteiger partial charge in [-0.1, -0.05) is 47.5 Å². The molecule has 6 heteroatoms. The van der Waals surface area contributed by atoms with E-state index >= 15 is 0 Å². The number of nitrogens with one attached hydrogen (secondary N) is 2. The summed E-state index contributed by atoms with van der Waals surface area (Å²) in [5.74, 6) is -0.450. The molecule has 154 valence electrons. The van der Waals surface area contributed by atoms with Crippen molar-refractivity contribution in [1.29, 1.82) is 0 Å². The molecule has 2 amide bonds. The van der Waals surface area contributed by atoms with Crippen LogP contribution >= 0.6 is 0 Å². The van der Waals surface area contributed by atoms with Gasteiger partial charge in [0, 0.05) is 25.2 Å². The van der Waals surface area contributed by atoms with Crippen LogP contribution in [0.5, 0.6) is 0 Å². The number of hydrogen-bond donors (Lipinski definition) is 2. The SMILES string of the molecule is Cc1ccc([C@@H](CN2CCOCC2)NC(=O)CNC(=O)c2cccc(C)c2)cc1. The van der Waals surface area contributed by atoms with E-state index in [1.165, 1.54) is 5.56 Å². The van der Waals surface area contributed by atoms with E-state index in [1.807, 2.05) is 50.2 Å². The number of carbonyl (C=O) groups is 2. The minimum absolute atomic E-state index is 0.0573. The second kappa shape index (κ2) is 10.2. The fraction of sp³-hybridized carbons (Fsp3) is 0.391. The van der Waals surface area contributed by atoms with Gasteiger partial charge in [0.15, 0.2) is 0 Å². The van der Waals surface area contributed by atoms with E-state index in [4.69, 9.17) is 4.74 Å². The van der Waals surface area contributed by atoms with Gasteiger partial charge < -0.3 is 15.4 Å². The summed E-state index contributed by atoms with van der Waals surface area (Å²) < 4.78 is 5.42. The van der Waals surface area contributed by atoms with Gasteiger partial charge >= 0.3 is 0 Å². The van der Waals surface area contributed by atoms with Crippen LogP contribution in [0.25, 0.3) is 0 Å². The minimum atomic E-state index is -0.246. The lowest BCUT2D eigenvalue weighted by molar-refractivity contribution is -0.121. The summed E-state index contributed by atoms with van der Waals surface area (Å²) in [6.07, 6.45) is 0. The minimum Gasteiger partial charge on any atom is -0.379 e. The van der Waals surface area contributed by atoms with E-state index in [-0.39, 0.29) is 24.4 Å². The molecule has 0 aromatic heterocycles. The molecule has 29 heavy (non-hydrogen) atoms. The Hall–Kier alpha value is -2.70. The smallest absolute Gasteiger partial charge is 0.251 e. The Morgan fingerprint density at radius 3 is 2.45 bits per heavy atom. The van der Waals surface area contributed by atoms with Gasteiger partial charge in [0.25, 0.3) is 5.91 Å². The number of hydrogen-bond acceptors (Lipinski definition) is 4. The molecule has 0 saturated carbocycles. The van der Waals surface area contributed by atoms with Crippen molar-refractivity contribution >= 4 is 11.8 Å². The van der Waals surface area contributed by atoms with Gasteiger partial charge in [0.1, 0.15) is 0 Å². The summed E-state index contributed by atoms with van der Waals surface area (Å²) in [5.41, 5.74) is 3.80. The predicted molar refractivity (Wildman–Crippen MR) is 113 cm³/mol. The molecule has 1 heterocycles. The van der Waals surface area contributed by atoms with Gasteiger partial charge in [-0.3, -0.25) is 14.5 Å². The largest absolute Gasteiger partial charge is 0.379 e. The topological polar surface area (TPSA) is 70.7 Å². The number of carbonyl (C=O) groups excluding carboxylic acids is 2. The Morgan fingerprint density at radius 1 is 1.03 bits per heavy atom. The molecule has 0 radical (unpaired) electrons. The summed E-state index contributed by atoms with van der Waals surface area (Å²) in [6, 6.07) is 15.4. The molecule has 2 aromatic carbocycles. The Kier molecular flexibility index (Phi) is 7.38. The van der Waals surface area contributed by atoms with E-state index < -0.39 is 0 Å². The Labute approximate surface area is 172 Å². The number of benzene rings is 2. The van der Waals surface area contributed by atoms with Crippen LogP contribution in [0.3, 0.4) is 0 Å². The molecule has 3 rings (SSSR count). The van der Waals surface area contributed by atoms with Crippen molar-refractivity contribution in [2.24, 2.45) is 0 Å². The Morgan fingerprint density at radius 2 is 1.76 bits per heavy atom. The normalized spacial score (nSPS) is 15.5. The van der Waals surface area contributed by atoms with Crippen LogP contribution in [0.4, 0.5) is 0 Å². The standard InChI is InChI=1S/C23H29N3O3/c1-17-6-8-19(9-7-17)21(16-26-10-12-29-13-11-26)25-22(27)15-24-23(28)20-5-3-4-18(2)14-20/h3-9,14,21H,10-13,15-16H2,1-2H3,(H,24,28)(H,25,27)/t21-/m1/s1. The van der Waals surface area contributed by atoms with Gasteiger partial charge in [0.05, 0.1) is 25.8 Å². The molecule has 0 bridgehead atoms. The molecule has 1 aliphatic heterocycles. The fourth-order valence-corrected chi connectivity index (χ4v) is 3.37. The first kappa shape index (κ1) is 21.0. The predicted octanol–water partition coefficient (Wildman–Crippen LogP) is 2.22. The fourth-order valence-electron chi connectivity index (χ4n) is 3.37. The average Bonchev–Trinajstić information content (AvgIpc) is 2.73. The summed E-state index contributed by atoms with van der Waals surface area (Å²) >= 11 is 0. The zero-order valence-corrected chi connectivity index (χ0v) is 17.1. The summed E-state index contributed by atoms with van der Waals surface area (Å²) in [6.45, 7) is 7.75. The summed E-state index contributed by atoms with van der Waals surface area (Å²) in [7, 11) is 0. The maximum absolute atomic E-state index is 12.6. The molecule has 1 saturated heterocycles. The van der Waals surface area contributed by atoms with Gasteiger partial charge in [-0.25, -0.2) is 0 Å². The number of morpholine rings is 1. The lowest BCUT2D eigenvalue weighted by Gasteiger charge is -2.31. The van der Waals surface area contributed by atoms with Gasteiger partial charge in [-0.15, -0.1) is 0 Å². The second-order valence-electron chi connectivity index (χ2n) is 7.50. The monoisotopic (exact) mass is 395 g/mol. The highest BCUT2D eigenvalue weighted by molar-refractivity contribution is 5.96. The molecule has 1 aliphatic rings. The molecule has 1 fully saturated rings. The maximum Gasteiger partial charge on any atom is 0.251 e. The highest BCUT2D eigenvalue weighted by atomic mass is 16.5. The lowest BCUT2D eigenvalue weighted by Crippen LogP contribution is -2.45. The molecule has 6 nitrogen and oxygen atoms in total. The molecule has 1 atom stereocenters. The third-order valence-corrected chi connectivity index (χ3v) is 5.05. The average molecular weight is 396 g/mol. The highest BCUT2D eigenvalue weighted by Crippen LogP contribution is 2.16. The third kappa shape index (κ3) is 6.41. The van der Waals surface area contributed by atoms with Gasteiger partial charge in [-0.05, 0) is 31.5 Å². The van der Waals surface area contributed by atoms with E-state index in [0.29, 0.717) is 25.3 Å². The van der Waals surface area contributed by atoms with E-state index in [0.717, 1.165) is 24.2 Å². The van der Waals surface area contributed by atoms with Crippen LogP contribution < -0.4 is 10.6 Å². The molecule has 0 unspecified atom stereocenters. The molecular weight excluding hydrogens is 366 g/mol. The van der Waals surface area contributed by atoms with Crippen molar-refractivity contribution in [1.82, 2.24) is 15.5 Å². The quantitative estimate of drug-likeness (QED) is 0.754. The van der Waals surface area contributed by atoms with Crippen LogP contribution in [0.15, 0.2) is 48.5 Å². The Balaban J connectivity index is 1.60.